The molecule has 1 N–H and O–H groups in total. The van der Waals surface area contributed by atoms with Crippen LogP contribution in [0.25, 0.3) is 0 Å². The standard InChI is InChI=1S/C9H11BrO2/c1-6(7(2)10)9(11)8-4-3-5-12-8/h3-6,9,11H,2H2,1H3/t6-,9+/m0/s1. The summed E-state index contributed by atoms with van der Waals surface area (Å²) in [6.45, 7) is 5.58. The van der Waals surface area contributed by atoms with E-state index in [-0.39, 0.29) is 5.92 Å². The van der Waals surface area contributed by atoms with Crippen LogP contribution in [0.4, 0.5) is 0 Å². The second-order valence-corrected chi connectivity index (χ2v) is 3.71. The Morgan fingerprint density at radius 1 is 1.75 bits per heavy atom. The molecule has 2 nitrogen and oxygen atoms in total. The number of aliphatic hydroxyl groups is 1. The molecule has 0 aliphatic rings. The van der Waals surface area contributed by atoms with Gasteiger partial charge in [-0.2, -0.15) is 0 Å². The zero-order valence-corrected chi connectivity index (χ0v) is 8.41. The van der Waals surface area contributed by atoms with Crippen LogP contribution in [0.3, 0.4) is 0 Å². The number of furan rings is 1. The van der Waals surface area contributed by atoms with E-state index >= 15 is 0 Å². The van der Waals surface area contributed by atoms with Gasteiger partial charge in [0, 0.05) is 5.92 Å². The monoisotopic (exact) mass is 230 g/mol. The second kappa shape index (κ2) is 3.92. The summed E-state index contributed by atoms with van der Waals surface area (Å²) < 4.78 is 5.82. The number of halogens is 1. The molecule has 3 heteroatoms. The third-order valence-electron chi connectivity index (χ3n) is 1.80. The van der Waals surface area contributed by atoms with Crippen molar-refractivity contribution < 1.29 is 9.52 Å². The molecule has 1 rings (SSSR count). The van der Waals surface area contributed by atoms with Gasteiger partial charge in [0.1, 0.15) is 11.9 Å². The first-order valence-electron chi connectivity index (χ1n) is 3.68. The van der Waals surface area contributed by atoms with Gasteiger partial charge < -0.3 is 9.52 Å². The van der Waals surface area contributed by atoms with Crippen molar-refractivity contribution in [3.8, 4) is 0 Å². The number of hydrogen-bond acceptors (Lipinski definition) is 2. The summed E-state index contributed by atoms with van der Waals surface area (Å²) in [6.07, 6.45) is 0.925. The van der Waals surface area contributed by atoms with Gasteiger partial charge in [0.15, 0.2) is 0 Å². The lowest BCUT2D eigenvalue weighted by atomic mass is 10.0. The van der Waals surface area contributed by atoms with Crippen LogP contribution >= 0.6 is 15.9 Å². The van der Waals surface area contributed by atoms with Crippen LogP contribution in [-0.4, -0.2) is 5.11 Å². The van der Waals surface area contributed by atoms with Crippen LogP contribution in [-0.2, 0) is 0 Å². The lowest BCUT2D eigenvalue weighted by Crippen LogP contribution is -2.07. The Bertz CT molecular complexity index is 254. The maximum atomic E-state index is 9.66. The molecule has 1 heterocycles. The van der Waals surface area contributed by atoms with Crippen LogP contribution in [0.2, 0.25) is 0 Å². The maximum absolute atomic E-state index is 9.66. The predicted molar refractivity (Wildman–Crippen MR) is 50.9 cm³/mol. The normalized spacial score (nSPS) is 15.6. The SMILES string of the molecule is C=C(Br)[C@H](C)[C@@H](O)c1ccco1. The molecule has 0 spiro atoms. The molecule has 0 amide bonds. The van der Waals surface area contributed by atoms with E-state index in [9.17, 15) is 5.11 Å². The van der Waals surface area contributed by atoms with Crippen molar-refractivity contribution in [2.75, 3.05) is 0 Å². The van der Waals surface area contributed by atoms with Crippen molar-refractivity contribution in [2.24, 2.45) is 5.92 Å². The van der Waals surface area contributed by atoms with Crippen LogP contribution in [0, 0.1) is 5.92 Å². The number of rotatable bonds is 3. The zero-order valence-electron chi connectivity index (χ0n) is 6.83. The summed E-state index contributed by atoms with van der Waals surface area (Å²) in [7, 11) is 0. The minimum absolute atomic E-state index is 0.0452. The molecule has 1 aromatic rings. The van der Waals surface area contributed by atoms with Gasteiger partial charge in [0.2, 0.25) is 0 Å². The molecule has 0 fully saturated rings. The maximum Gasteiger partial charge on any atom is 0.132 e. The molecule has 0 aliphatic carbocycles. The van der Waals surface area contributed by atoms with E-state index in [2.05, 4.69) is 22.5 Å². The summed E-state index contributed by atoms with van der Waals surface area (Å²) in [4.78, 5) is 0. The van der Waals surface area contributed by atoms with Crippen molar-refractivity contribution >= 4 is 15.9 Å². The predicted octanol–water partition coefficient (Wildman–Crippen LogP) is 2.86. The van der Waals surface area contributed by atoms with Crippen LogP contribution in [0.5, 0.6) is 0 Å². The Morgan fingerprint density at radius 2 is 2.42 bits per heavy atom. The summed E-state index contributed by atoms with van der Waals surface area (Å²) in [5, 5.41) is 9.66. The molecule has 12 heavy (non-hydrogen) atoms. The van der Waals surface area contributed by atoms with Gasteiger partial charge in [-0.05, 0) is 16.6 Å². The number of aliphatic hydroxyl groups excluding tert-OH is 1. The quantitative estimate of drug-likeness (QED) is 0.867. The molecule has 0 bridgehead atoms. The van der Waals surface area contributed by atoms with E-state index in [1.54, 1.807) is 18.4 Å². The molecule has 0 aliphatic heterocycles. The fourth-order valence-electron chi connectivity index (χ4n) is 0.877. The van der Waals surface area contributed by atoms with E-state index in [4.69, 9.17) is 4.42 Å². The summed E-state index contributed by atoms with van der Waals surface area (Å²) in [6, 6.07) is 3.50. The Hall–Kier alpha value is -0.540. The molecular formula is C9H11BrO2. The third-order valence-corrected chi connectivity index (χ3v) is 2.52. The van der Waals surface area contributed by atoms with Gasteiger partial charge in [0.25, 0.3) is 0 Å². The smallest absolute Gasteiger partial charge is 0.132 e. The Morgan fingerprint density at radius 3 is 2.83 bits per heavy atom. The summed E-state index contributed by atoms with van der Waals surface area (Å²) in [5.74, 6) is 0.527. The fourth-order valence-corrected chi connectivity index (χ4v) is 1.13. The van der Waals surface area contributed by atoms with Crippen molar-refractivity contribution in [2.45, 2.75) is 13.0 Å². The first-order valence-corrected chi connectivity index (χ1v) is 4.48. The van der Waals surface area contributed by atoms with Gasteiger partial charge >= 0.3 is 0 Å². The Labute approximate surface area is 80.0 Å². The minimum atomic E-state index is -0.619. The molecule has 66 valence electrons. The van der Waals surface area contributed by atoms with E-state index < -0.39 is 6.10 Å². The van der Waals surface area contributed by atoms with E-state index in [0.29, 0.717) is 5.76 Å². The van der Waals surface area contributed by atoms with Crippen molar-refractivity contribution in [3.63, 3.8) is 0 Å². The van der Waals surface area contributed by atoms with Gasteiger partial charge in [-0.3, -0.25) is 0 Å². The van der Waals surface area contributed by atoms with Crippen LogP contribution in [0.1, 0.15) is 18.8 Å². The minimum Gasteiger partial charge on any atom is -0.467 e. The van der Waals surface area contributed by atoms with Crippen molar-refractivity contribution in [1.29, 1.82) is 0 Å². The molecule has 0 saturated heterocycles. The highest BCUT2D eigenvalue weighted by Crippen LogP contribution is 2.29. The average Bonchev–Trinajstić information content (AvgIpc) is 2.53. The molecule has 0 radical (unpaired) electrons. The van der Waals surface area contributed by atoms with Crippen molar-refractivity contribution in [1.82, 2.24) is 0 Å². The van der Waals surface area contributed by atoms with Gasteiger partial charge in [0.05, 0.1) is 6.26 Å². The van der Waals surface area contributed by atoms with E-state index in [1.165, 1.54) is 0 Å². The van der Waals surface area contributed by atoms with Crippen LogP contribution < -0.4 is 0 Å². The van der Waals surface area contributed by atoms with Gasteiger partial charge in [-0.1, -0.05) is 29.4 Å². The highest BCUT2D eigenvalue weighted by Gasteiger charge is 2.19. The lowest BCUT2D eigenvalue weighted by Gasteiger charge is -2.14. The first-order chi connectivity index (χ1) is 5.63. The highest BCUT2D eigenvalue weighted by molar-refractivity contribution is 9.11. The third kappa shape index (κ3) is 1.99. The van der Waals surface area contributed by atoms with E-state index in [1.807, 2.05) is 6.92 Å². The Kier molecular flexibility index (Phi) is 3.12. The summed E-state index contributed by atoms with van der Waals surface area (Å²) >= 11 is 3.23. The highest BCUT2D eigenvalue weighted by atomic mass is 79.9. The largest absolute Gasteiger partial charge is 0.467 e. The molecule has 0 saturated carbocycles. The van der Waals surface area contributed by atoms with Gasteiger partial charge in [-0.15, -0.1) is 0 Å². The van der Waals surface area contributed by atoms with E-state index in [0.717, 1.165) is 4.48 Å². The zero-order chi connectivity index (χ0) is 9.14. The average molecular weight is 231 g/mol. The second-order valence-electron chi connectivity index (χ2n) is 2.70. The molecule has 0 aromatic carbocycles. The lowest BCUT2D eigenvalue weighted by molar-refractivity contribution is 0.113. The molecule has 1 aromatic heterocycles. The molecule has 0 unspecified atom stereocenters. The molecular weight excluding hydrogens is 220 g/mol. The summed E-state index contributed by atoms with van der Waals surface area (Å²) in [5.41, 5.74) is 0. The molecule has 2 atom stereocenters. The van der Waals surface area contributed by atoms with Gasteiger partial charge in [-0.25, -0.2) is 0 Å². The number of hydrogen-bond donors (Lipinski definition) is 1. The Balaban J connectivity index is 2.71. The first kappa shape index (κ1) is 9.55. The van der Waals surface area contributed by atoms with Crippen LogP contribution in [0.15, 0.2) is 33.9 Å². The topological polar surface area (TPSA) is 33.4 Å². The van der Waals surface area contributed by atoms with Crippen molar-refractivity contribution in [3.05, 3.63) is 35.2 Å². The fraction of sp³-hybridized carbons (Fsp3) is 0.333.